The molecule has 0 aliphatic carbocycles. The number of rotatable bonds is 3. The van der Waals surface area contributed by atoms with Crippen molar-refractivity contribution in [2.24, 2.45) is 5.73 Å². The van der Waals surface area contributed by atoms with E-state index in [1.54, 1.807) is 0 Å². The summed E-state index contributed by atoms with van der Waals surface area (Å²) in [7, 11) is 0. The van der Waals surface area contributed by atoms with E-state index in [9.17, 15) is 9.59 Å². The van der Waals surface area contributed by atoms with Crippen LogP contribution >= 0.6 is 0 Å². The molecular weight excluding hydrogens is 204 g/mol. The molecule has 4 heteroatoms. The Bertz CT molecular complexity index is 383. The van der Waals surface area contributed by atoms with E-state index in [1.807, 2.05) is 24.3 Å². The number of benzene rings is 1. The van der Waals surface area contributed by atoms with Crippen LogP contribution in [0.5, 0.6) is 0 Å². The van der Waals surface area contributed by atoms with Crippen LogP contribution < -0.4 is 11.1 Å². The summed E-state index contributed by atoms with van der Waals surface area (Å²) in [4.78, 5) is 21.4. The molecule has 16 heavy (non-hydrogen) atoms. The van der Waals surface area contributed by atoms with Gasteiger partial charge in [0, 0.05) is 6.54 Å². The molecule has 1 aromatic rings. The smallest absolute Gasteiger partial charge is 0.309 e. The second-order valence-corrected chi connectivity index (χ2v) is 3.94. The van der Waals surface area contributed by atoms with E-state index in [0.29, 0.717) is 12.5 Å². The Morgan fingerprint density at radius 1 is 1.25 bits per heavy atom. The third-order valence-corrected chi connectivity index (χ3v) is 2.32. The second kappa shape index (κ2) is 5.30. The Hall–Kier alpha value is -1.84. The number of carbonyl (C=O) groups excluding carboxylic acids is 2. The third-order valence-electron chi connectivity index (χ3n) is 2.32. The van der Waals surface area contributed by atoms with E-state index in [4.69, 9.17) is 5.73 Å². The molecule has 0 atom stereocenters. The zero-order chi connectivity index (χ0) is 12.1. The lowest BCUT2D eigenvalue weighted by Crippen LogP contribution is -2.35. The van der Waals surface area contributed by atoms with E-state index in [0.717, 1.165) is 5.56 Å². The molecule has 1 aromatic carbocycles. The van der Waals surface area contributed by atoms with Gasteiger partial charge in [-0.3, -0.25) is 9.59 Å². The molecule has 3 N–H and O–H groups in total. The fourth-order valence-corrected chi connectivity index (χ4v) is 1.29. The summed E-state index contributed by atoms with van der Waals surface area (Å²) < 4.78 is 0. The fourth-order valence-electron chi connectivity index (χ4n) is 1.29. The molecule has 0 heterocycles. The van der Waals surface area contributed by atoms with Gasteiger partial charge in [-0.15, -0.1) is 0 Å². The minimum atomic E-state index is -0.959. The number of amides is 2. The minimum absolute atomic E-state index is 0.320. The number of nitrogens with one attached hydrogen (secondary N) is 1. The number of primary amides is 1. The van der Waals surface area contributed by atoms with E-state index >= 15 is 0 Å². The molecule has 2 amide bonds. The standard InChI is InChI=1S/C12H16N2O2/c1-8(2)10-5-3-9(4-6-10)7-14-12(16)11(13)15/h3-6,8H,7H2,1-2H3,(H2,13,15)(H,14,16). The molecule has 0 aliphatic rings. The molecular formula is C12H16N2O2. The maximum atomic E-state index is 10.9. The van der Waals surface area contributed by atoms with Crippen molar-refractivity contribution < 1.29 is 9.59 Å². The van der Waals surface area contributed by atoms with Gasteiger partial charge in [0.25, 0.3) is 0 Å². The summed E-state index contributed by atoms with van der Waals surface area (Å²) in [6.07, 6.45) is 0. The molecule has 86 valence electrons. The lowest BCUT2D eigenvalue weighted by molar-refractivity contribution is -0.137. The SMILES string of the molecule is CC(C)c1ccc(CNC(=O)C(N)=O)cc1. The predicted octanol–water partition coefficient (Wildman–Crippen LogP) is 0.911. The first-order valence-electron chi connectivity index (χ1n) is 5.17. The Morgan fingerprint density at radius 2 is 1.81 bits per heavy atom. The molecule has 4 nitrogen and oxygen atoms in total. The average molecular weight is 220 g/mol. The van der Waals surface area contributed by atoms with E-state index in [1.165, 1.54) is 5.56 Å². The van der Waals surface area contributed by atoms with Gasteiger partial charge < -0.3 is 11.1 Å². The van der Waals surface area contributed by atoms with E-state index in [-0.39, 0.29) is 0 Å². The van der Waals surface area contributed by atoms with Crippen LogP contribution in [0.15, 0.2) is 24.3 Å². The first kappa shape index (κ1) is 12.2. The molecule has 0 unspecified atom stereocenters. The topological polar surface area (TPSA) is 72.2 Å². The maximum absolute atomic E-state index is 10.9. The van der Waals surface area contributed by atoms with Crippen LogP contribution in [0.3, 0.4) is 0 Å². The molecule has 0 aromatic heterocycles. The highest BCUT2D eigenvalue weighted by Gasteiger charge is 2.07. The predicted molar refractivity (Wildman–Crippen MR) is 61.6 cm³/mol. The van der Waals surface area contributed by atoms with Crippen LogP contribution in [0.2, 0.25) is 0 Å². The zero-order valence-electron chi connectivity index (χ0n) is 9.49. The highest BCUT2D eigenvalue weighted by Crippen LogP contribution is 2.14. The maximum Gasteiger partial charge on any atom is 0.309 e. The zero-order valence-corrected chi connectivity index (χ0v) is 9.49. The van der Waals surface area contributed by atoms with Gasteiger partial charge in [-0.1, -0.05) is 38.1 Å². The summed E-state index contributed by atoms with van der Waals surface area (Å²) in [5.41, 5.74) is 7.00. The van der Waals surface area contributed by atoms with E-state index in [2.05, 4.69) is 19.2 Å². The first-order chi connectivity index (χ1) is 7.50. The quantitative estimate of drug-likeness (QED) is 0.743. The molecule has 0 bridgehead atoms. The fraction of sp³-hybridized carbons (Fsp3) is 0.333. The van der Waals surface area contributed by atoms with Gasteiger partial charge in [0.2, 0.25) is 0 Å². The molecule has 0 aliphatic heterocycles. The van der Waals surface area contributed by atoms with Gasteiger partial charge in [-0.2, -0.15) is 0 Å². The van der Waals surface area contributed by atoms with Crippen molar-refractivity contribution in [2.45, 2.75) is 26.3 Å². The number of nitrogens with two attached hydrogens (primary N) is 1. The normalized spacial score (nSPS) is 10.2. The summed E-state index contributed by atoms with van der Waals surface area (Å²) in [5.74, 6) is -1.24. The molecule has 0 spiro atoms. The number of carbonyl (C=O) groups is 2. The summed E-state index contributed by atoms with van der Waals surface area (Å²) in [5, 5.41) is 2.43. The van der Waals surface area contributed by atoms with Crippen LogP contribution in [0.4, 0.5) is 0 Å². The van der Waals surface area contributed by atoms with Gasteiger partial charge in [0.15, 0.2) is 0 Å². The Labute approximate surface area is 94.8 Å². The van der Waals surface area contributed by atoms with Crippen molar-refractivity contribution in [1.82, 2.24) is 5.32 Å². The molecule has 0 saturated heterocycles. The third kappa shape index (κ3) is 3.38. The molecule has 0 fully saturated rings. The summed E-state index contributed by atoms with van der Waals surface area (Å²) in [6.45, 7) is 4.55. The largest absolute Gasteiger partial charge is 0.361 e. The number of hydrogen-bond donors (Lipinski definition) is 2. The van der Waals surface area contributed by atoms with Crippen molar-refractivity contribution in [3.05, 3.63) is 35.4 Å². The summed E-state index contributed by atoms with van der Waals surface area (Å²) in [6, 6.07) is 7.88. The molecule has 0 saturated carbocycles. The van der Waals surface area contributed by atoms with Crippen LogP contribution in [0.1, 0.15) is 30.9 Å². The average Bonchev–Trinajstić information content (AvgIpc) is 2.26. The van der Waals surface area contributed by atoms with Crippen LogP contribution in [-0.4, -0.2) is 11.8 Å². The lowest BCUT2D eigenvalue weighted by Gasteiger charge is -2.07. The summed E-state index contributed by atoms with van der Waals surface area (Å²) >= 11 is 0. The van der Waals surface area contributed by atoms with Gasteiger partial charge in [-0.25, -0.2) is 0 Å². The Morgan fingerprint density at radius 3 is 2.25 bits per heavy atom. The van der Waals surface area contributed by atoms with Crippen molar-refractivity contribution in [1.29, 1.82) is 0 Å². The number of hydrogen-bond acceptors (Lipinski definition) is 2. The monoisotopic (exact) mass is 220 g/mol. The van der Waals surface area contributed by atoms with Crippen molar-refractivity contribution in [3.8, 4) is 0 Å². The van der Waals surface area contributed by atoms with Crippen LogP contribution in [0.25, 0.3) is 0 Å². The highest BCUT2D eigenvalue weighted by atomic mass is 16.2. The van der Waals surface area contributed by atoms with Crippen molar-refractivity contribution in [3.63, 3.8) is 0 Å². The van der Waals surface area contributed by atoms with Gasteiger partial charge >= 0.3 is 11.8 Å². The minimum Gasteiger partial charge on any atom is -0.361 e. The van der Waals surface area contributed by atoms with Crippen LogP contribution in [-0.2, 0) is 16.1 Å². The Kier molecular flexibility index (Phi) is 4.05. The lowest BCUT2D eigenvalue weighted by atomic mass is 10.0. The highest BCUT2D eigenvalue weighted by molar-refractivity contribution is 6.34. The Balaban J connectivity index is 2.56. The van der Waals surface area contributed by atoms with Crippen LogP contribution in [0, 0.1) is 0 Å². The second-order valence-electron chi connectivity index (χ2n) is 3.94. The molecule has 0 radical (unpaired) electrons. The van der Waals surface area contributed by atoms with E-state index < -0.39 is 11.8 Å². The first-order valence-corrected chi connectivity index (χ1v) is 5.17. The van der Waals surface area contributed by atoms with Crippen molar-refractivity contribution in [2.75, 3.05) is 0 Å². The molecule has 1 rings (SSSR count). The van der Waals surface area contributed by atoms with Gasteiger partial charge in [-0.05, 0) is 17.0 Å². The van der Waals surface area contributed by atoms with Gasteiger partial charge in [0.1, 0.15) is 0 Å². The van der Waals surface area contributed by atoms with Crippen molar-refractivity contribution >= 4 is 11.8 Å². The van der Waals surface area contributed by atoms with Gasteiger partial charge in [0.05, 0.1) is 0 Å².